The minimum Gasteiger partial charge on any atom is -0.395 e. The van der Waals surface area contributed by atoms with Gasteiger partial charge in [-0.1, -0.05) is 0 Å². The summed E-state index contributed by atoms with van der Waals surface area (Å²) in [6.45, 7) is 7.72. The van der Waals surface area contributed by atoms with Crippen LogP contribution in [-0.2, 0) is 0 Å². The van der Waals surface area contributed by atoms with Gasteiger partial charge in [0, 0.05) is 49.7 Å². The van der Waals surface area contributed by atoms with E-state index in [1.807, 2.05) is 19.1 Å². The number of benzene rings is 2. The SMILES string of the molecule is Cc1cc(Nc2ncn(-c3cc(F)cc(F)c3)n2)cc(N2CCN(CCO)C(C)C2)c1. The minimum atomic E-state index is -0.670. The van der Waals surface area contributed by atoms with E-state index in [-0.39, 0.29) is 12.3 Å². The number of halogens is 2. The third kappa shape index (κ3) is 5.00. The number of aryl methyl sites for hydroxylation is 1. The molecule has 0 saturated carbocycles. The maximum absolute atomic E-state index is 13.5. The summed E-state index contributed by atoms with van der Waals surface area (Å²) in [7, 11) is 0. The Bertz CT molecular complexity index is 1040. The predicted octanol–water partition coefficient (Wildman–Crippen LogP) is 3.10. The molecule has 2 heterocycles. The van der Waals surface area contributed by atoms with E-state index in [0.717, 1.165) is 42.6 Å². The minimum absolute atomic E-state index is 0.171. The van der Waals surface area contributed by atoms with Crippen LogP contribution in [0.25, 0.3) is 5.69 Å². The Morgan fingerprint density at radius 2 is 1.84 bits per heavy atom. The van der Waals surface area contributed by atoms with Crippen molar-refractivity contribution in [1.29, 1.82) is 0 Å². The third-order valence-electron chi connectivity index (χ3n) is 5.44. The standard InChI is InChI=1S/C22H26F2N6O/c1-15-7-19(12-20(8-15)29-4-3-28(5-6-31)16(2)13-29)26-22-25-14-30(27-22)21-10-17(23)9-18(24)11-21/h7-12,14,16,31H,3-6,13H2,1-2H3,(H,26,27). The molecule has 164 valence electrons. The molecule has 3 aromatic rings. The lowest BCUT2D eigenvalue weighted by molar-refractivity contribution is 0.146. The molecule has 1 saturated heterocycles. The fraction of sp³-hybridized carbons (Fsp3) is 0.364. The molecule has 0 spiro atoms. The Morgan fingerprint density at radius 1 is 1.06 bits per heavy atom. The second kappa shape index (κ2) is 8.99. The molecule has 0 aliphatic carbocycles. The highest BCUT2D eigenvalue weighted by Gasteiger charge is 2.23. The Balaban J connectivity index is 1.50. The number of hydrogen-bond acceptors (Lipinski definition) is 6. The first-order valence-electron chi connectivity index (χ1n) is 10.3. The number of β-amino-alcohol motifs (C(OH)–C–C–N with tert-alkyl or cyclic N) is 1. The Morgan fingerprint density at radius 3 is 2.55 bits per heavy atom. The van der Waals surface area contributed by atoms with E-state index in [1.165, 1.54) is 23.1 Å². The highest BCUT2D eigenvalue weighted by molar-refractivity contribution is 5.64. The number of hydrogen-bond donors (Lipinski definition) is 2. The second-order valence-corrected chi connectivity index (χ2v) is 7.88. The molecule has 0 amide bonds. The van der Waals surface area contributed by atoms with Crippen molar-refractivity contribution in [3.05, 3.63) is 59.9 Å². The molecule has 2 N–H and O–H groups in total. The second-order valence-electron chi connectivity index (χ2n) is 7.88. The quantitative estimate of drug-likeness (QED) is 0.629. The van der Waals surface area contributed by atoms with Gasteiger partial charge in [0.25, 0.3) is 0 Å². The average molecular weight is 428 g/mol. The van der Waals surface area contributed by atoms with Crippen molar-refractivity contribution in [1.82, 2.24) is 19.7 Å². The van der Waals surface area contributed by atoms with Crippen LogP contribution in [0.1, 0.15) is 12.5 Å². The van der Waals surface area contributed by atoms with Crippen molar-refractivity contribution in [3.63, 3.8) is 0 Å². The lowest BCUT2D eigenvalue weighted by Gasteiger charge is -2.41. The highest BCUT2D eigenvalue weighted by Crippen LogP contribution is 2.26. The molecular formula is C22H26F2N6O. The van der Waals surface area contributed by atoms with Gasteiger partial charge in [-0.25, -0.2) is 13.5 Å². The van der Waals surface area contributed by atoms with Gasteiger partial charge in [0.2, 0.25) is 5.95 Å². The van der Waals surface area contributed by atoms with Crippen molar-refractivity contribution in [2.45, 2.75) is 19.9 Å². The Labute approximate surface area is 179 Å². The first-order chi connectivity index (χ1) is 14.9. The molecule has 9 heteroatoms. The molecule has 7 nitrogen and oxygen atoms in total. The van der Waals surface area contributed by atoms with Crippen LogP contribution in [0, 0.1) is 18.6 Å². The van der Waals surface area contributed by atoms with Crippen molar-refractivity contribution in [2.24, 2.45) is 0 Å². The van der Waals surface area contributed by atoms with Crippen molar-refractivity contribution < 1.29 is 13.9 Å². The summed E-state index contributed by atoms with van der Waals surface area (Å²) in [6.07, 6.45) is 1.41. The molecule has 1 fully saturated rings. The monoisotopic (exact) mass is 428 g/mol. The summed E-state index contributed by atoms with van der Waals surface area (Å²) in [5.41, 5.74) is 3.29. The van der Waals surface area contributed by atoms with E-state index in [0.29, 0.717) is 18.5 Å². The first-order valence-corrected chi connectivity index (χ1v) is 10.3. The summed E-state index contributed by atoms with van der Waals surface area (Å²) < 4.78 is 28.3. The molecule has 4 rings (SSSR count). The van der Waals surface area contributed by atoms with Gasteiger partial charge in [-0.05, 0) is 49.7 Å². The van der Waals surface area contributed by atoms with Crippen LogP contribution in [0.3, 0.4) is 0 Å². The molecule has 0 bridgehead atoms. The summed E-state index contributed by atoms with van der Waals surface area (Å²) in [5, 5.41) is 16.7. The zero-order valence-corrected chi connectivity index (χ0v) is 17.6. The fourth-order valence-corrected chi connectivity index (χ4v) is 3.95. The molecule has 1 unspecified atom stereocenters. The van der Waals surface area contributed by atoms with E-state index >= 15 is 0 Å². The van der Waals surface area contributed by atoms with Crippen LogP contribution in [0.2, 0.25) is 0 Å². The summed E-state index contributed by atoms with van der Waals surface area (Å²) in [4.78, 5) is 8.83. The normalized spacial score (nSPS) is 17.2. The lowest BCUT2D eigenvalue weighted by Crippen LogP contribution is -2.52. The molecule has 0 radical (unpaired) electrons. The number of piperazine rings is 1. The maximum atomic E-state index is 13.5. The predicted molar refractivity (Wildman–Crippen MR) is 116 cm³/mol. The molecule has 1 aliphatic rings. The van der Waals surface area contributed by atoms with Crippen LogP contribution in [0.4, 0.5) is 26.1 Å². The van der Waals surface area contributed by atoms with E-state index < -0.39 is 11.6 Å². The van der Waals surface area contributed by atoms with E-state index in [9.17, 15) is 13.9 Å². The van der Waals surface area contributed by atoms with Crippen LogP contribution >= 0.6 is 0 Å². The number of nitrogens with zero attached hydrogens (tertiary/aromatic N) is 5. The summed E-state index contributed by atoms with van der Waals surface area (Å²) in [6, 6.07) is 9.75. The van der Waals surface area contributed by atoms with Crippen molar-refractivity contribution in [3.8, 4) is 5.69 Å². The topological polar surface area (TPSA) is 69.5 Å². The van der Waals surface area contributed by atoms with Crippen molar-refractivity contribution in [2.75, 3.05) is 43.0 Å². The number of aliphatic hydroxyl groups excluding tert-OH is 1. The third-order valence-corrected chi connectivity index (χ3v) is 5.44. The molecule has 1 aromatic heterocycles. The average Bonchev–Trinajstić information content (AvgIpc) is 3.17. The number of anilines is 3. The maximum Gasteiger partial charge on any atom is 0.246 e. The molecule has 1 aliphatic heterocycles. The molecule has 1 atom stereocenters. The van der Waals surface area contributed by atoms with Gasteiger partial charge in [-0.15, -0.1) is 5.10 Å². The zero-order valence-electron chi connectivity index (χ0n) is 17.6. The van der Waals surface area contributed by atoms with E-state index in [4.69, 9.17) is 0 Å². The smallest absolute Gasteiger partial charge is 0.246 e. The van der Waals surface area contributed by atoms with Gasteiger partial charge >= 0.3 is 0 Å². The molecule has 31 heavy (non-hydrogen) atoms. The van der Waals surface area contributed by atoms with Gasteiger partial charge in [-0.2, -0.15) is 4.98 Å². The Hall–Kier alpha value is -3.04. The molecular weight excluding hydrogens is 402 g/mol. The van der Waals surface area contributed by atoms with Gasteiger partial charge in [0.1, 0.15) is 18.0 Å². The van der Waals surface area contributed by atoms with Crippen LogP contribution in [0.15, 0.2) is 42.7 Å². The van der Waals surface area contributed by atoms with Gasteiger partial charge in [0.15, 0.2) is 0 Å². The summed E-state index contributed by atoms with van der Waals surface area (Å²) in [5.74, 6) is -1.00. The molecule has 2 aromatic carbocycles. The lowest BCUT2D eigenvalue weighted by atomic mass is 10.1. The van der Waals surface area contributed by atoms with Gasteiger partial charge in [-0.3, -0.25) is 4.90 Å². The van der Waals surface area contributed by atoms with E-state index in [2.05, 4.69) is 38.2 Å². The van der Waals surface area contributed by atoms with Gasteiger partial charge in [0.05, 0.1) is 12.3 Å². The number of aromatic nitrogens is 3. The fourth-order valence-electron chi connectivity index (χ4n) is 3.95. The summed E-state index contributed by atoms with van der Waals surface area (Å²) >= 11 is 0. The highest BCUT2D eigenvalue weighted by atomic mass is 19.1. The number of rotatable bonds is 6. The van der Waals surface area contributed by atoms with Crippen LogP contribution in [-0.4, -0.2) is 63.6 Å². The van der Waals surface area contributed by atoms with Crippen LogP contribution < -0.4 is 10.2 Å². The van der Waals surface area contributed by atoms with Crippen molar-refractivity contribution >= 4 is 17.3 Å². The first kappa shape index (κ1) is 21.2. The van der Waals surface area contributed by atoms with Gasteiger partial charge < -0.3 is 15.3 Å². The number of nitrogens with one attached hydrogen (secondary N) is 1. The largest absolute Gasteiger partial charge is 0.395 e. The van der Waals surface area contributed by atoms with E-state index in [1.54, 1.807) is 0 Å². The number of aliphatic hydroxyl groups is 1. The van der Waals surface area contributed by atoms with Crippen LogP contribution in [0.5, 0.6) is 0 Å². The zero-order chi connectivity index (χ0) is 22.0. The Kier molecular flexibility index (Phi) is 6.15.